The third-order valence-electron chi connectivity index (χ3n) is 5.80. The smallest absolute Gasteiger partial charge is 0.196 e. The van der Waals surface area contributed by atoms with Crippen molar-refractivity contribution in [1.29, 1.82) is 0 Å². The van der Waals surface area contributed by atoms with Gasteiger partial charge in [0.2, 0.25) is 0 Å². The maximum absolute atomic E-state index is 5.80. The maximum atomic E-state index is 5.80. The van der Waals surface area contributed by atoms with E-state index in [1.54, 1.807) is 0 Å². The van der Waals surface area contributed by atoms with E-state index in [-0.39, 0.29) is 0 Å². The van der Waals surface area contributed by atoms with Gasteiger partial charge in [-0.25, -0.2) is 4.99 Å². The minimum absolute atomic E-state index is 0.620. The van der Waals surface area contributed by atoms with Crippen LogP contribution in [0.25, 0.3) is 0 Å². The predicted molar refractivity (Wildman–Crippen MR) is 130 cm³/mol. The Balaban J connectivity index is 1.35. The number of guanidine groups is 1. The molecule has 0 atom stereocenters. The first-order chi connectivity index (χ1) is 15.7. The highest BCUT2D eigenvalue weighted by atomic mass is 16.5. The van der Waals surface area contributed by atoms with E-state index < -0.39 is 0 Å². The zero-order valence-electron chi connectivity index (χ0n) is 19.3. The lowest BCUT2D eigenvalue weighted by Crippen LogP contribution is -2.43. The Morgan fingerprint density at radius 2 is 1.66 bits per heavy atom. The molecule has 1 saturated heterocycles. The Kier molecular flexibility index (Phi) is 7.85. The molecule has 7 nitrogen and oxygen atoms in total. The van der Waals surface area contributed by atoms with Crippen LogP contribution >= 0.6 is 0 Å². The SMILES string of the molecule is CCNC(=NCc1ccc(CN2CCN(C)CC2)cc1)Nc1ccc2c(c1)OCCCO2. The summed E-state index contributed by atoms with van der Waals surface area (Å²) in [4.78, 5) is 9.68. The molecule has 0 spiro atoms. The predicted octanol–water partition coefficient (Wildman–Crippen LogP) is 3.17. The number of piperazine rings is 1. The molecule has 0 aliphatic carbocycles. The summed E-state index contributed by atoms with van der Waals surface area (Å²) in [5.41, 5.74) is 3.49. The molecule has 0 unspecified atom stereocenters. The second kappa shape index (κ2) is 11.2. The summed E-state index contributed by atoms with van der Waals surface area (Å²) < 4.78 is 11.5. The summed E-state index contributed by atoms with van der Waals surface area (Å²) in [5, 5.41) is 6.70. The second-order valence-electron chi connectivity index (χ2n) is 8.43. The van der Waals surface area contributed by atoms with Crippen LogP contribution in [0.1, 0.15) is 24.5 Å². The van der Waals surface area contributed by atoms with Crippen molar-refractivity contribution in [1.82, 2.24) is 15.1 Å². The normalized spacial score (nSPS) is 17.6. The highest BCUT2D eigenvalue weighted by Crippen LogP contribution is 2.32. The highest BCUT2D eigenvalue weighted by Gasteiger charge is 2.14. The number of likely N-dealkylation sites (N-methyl/N-ethyl adjacent to an activating group) is 1. The van der Waals surface area contributed by atoms with Crippen LogP contribution in [0.4, 0.5) is 5.69 Å². The molecule has 2 aliphatic heterocycles. The van der Waals surface area contributed by atoms with Gasteiger partial charge in [0.15, 0.2) is 17.5 Å². The Morgan fingerprint density at radius 3 is 2.41 bits per heavy atom. The van der Waals surface area contributed by atoms with Crippen LogP contribution in [0.15, 0.2) is 47.5 Å². The van der Waals surface area contributed by atoms with Gasteiger partial charge in [-0.05, 0) is 37.2 Å². The third kappa shape index (κ3) is 6.37. The van der Waals surface area contributed by atoms with Crippen LogP contribution in [-0.4, -0.2) is 68.7 Å². The summed E-state index contributed by atoms with van der Waals surface area (Å²) in [7, 11) is 2.19. The van der Waals surface area contributed by atoms with E-state index in [0.29, 0.717) is 19.8 Å². The van der Waals surface area contributed by atoms with Gasteiger partial charge >= 0.3 is 0 Å². The lowest BCUT2D eigenvalue weighted by molar-refractivity contribution is 0.148. The Hall–Kier alpha value is -2.77. The lowest BCUT2D eigenvalue weighted by atomic mass is 10.1. The number of hydrogen-bond donors (Lipinski definition) is 2. The zero-order valence-corrected chi connectivity index (χ0v) is 19.3. The molecule has 2 aromatic rings. The van der Waals surface area contributed by atoms with Crippen molar-refractivity contribution < 1.29 is 9.47 Å². The summed E-state index contributed by atoms with van der Waals surface area (Å²) in [5.74, 6) is 2.33. The molecule has 4 rings (SSSR count). The molecule has 2 aliphatic rings. The van der Waals surface area contributed by atoms with Crippen molar-refractivity contribution in [2.75, 3.05) is 58.3 Å². The highest BCUT2D eigenvalue weighted by molar-refractivity contribution is 5.93. The number of nitrogens with zero attached hydrogens (tertiary/aromatic N) is 3. The summed E-state index contributed by atoms with van der Waals surface area (Å²) >= 11 is 0. The van der Waals surface area contributed by atoms with Gasteiger partial charge in [-0.3, -0.25) is 4.90 Å². The molecule has 0 saturated carbocycles. The molecule has 0 bridgehead atoms. The van der Waals surface area contributed by atoms with E-state index in [0.717, 1.165) is 68.8 Å². The van der Waals surface area contributed by atoms with E-state index in [2.05, 4.69) is 58.7 Å². The molecule has 0 radical (unpaired) electrons. The van der Waals surface area contributed by atoms with E-state index in [4.69, 9.17) is 14.5 Å². The summed E-state index contributed by atoms with van der Waals surface area (Å²) in [6.45, 7) is 10.4. The van der Waals surface area contributed by atoms with E-state index in [1.165, 1.54) is 11.1 Å². The van der Waals surface area contributed by atoms with Crippen molar-refractivity contribution >= 4 is 11.6 Å². The van der Waals surface area contributed by atoms with Crippen LogP contribution in [0.5, 0.6) is 11.5 Å². The molecule has 32 heavy (non-hydrogen) atoms. The number of rotatable bonds is 6. The molecule has 172 valence electrons. The van der Waals surface area contributed by atoms with Gasteiger partial charge in [0.1, 0.15) is 0 Å². The van der Waals surface area contributed by atoms with Crippen LogP contribution < -0.4 is 20.1 Å². The van der Waals surface area contributed by atoms with Gasteiger partial charge in [-0.15, -0.1) is 0 Å². The van der Waals surface area contributed by atoms with Gasteiger partial charge in [-0.2, -0.15) is 0 Å². The largest absolute Gasteiger partial charge is 0.490 e. The van der Waals surface area contributed by atoms with Gasteiger partial charge < -0.3 is 25.0 Å². The third-order valence-corrected chi connectivity index (χ3v) is 5.80. The molecule has 2 N–H and O–H groups in total. The zero-order chi connectivity index (χ0) is 22.2. The fourth-order valence-electron chi connectivity index (χ4n) is 3.87. The molecule has 2 aromatic carbocycles. The van der Waals surface area contributed by atoms with Gasteiger partial charge in [0.25, 0.3) is 0 Å². The summed E-state index contributed by atoms with van der Waals surface area (Å²) in [6.07, 6.45) is 0.899. The van der Waals surface area contributed by atoms with Crippen molar-refractivity contribution in [3.63, 3.8) is 0 Å². The first kappa shape index (κ1) is 22.4. The molecule has 2 heterocycles. The van der Waals surface area contributed by atoms with Crippen LogP contribution in [0, 0.1) is 0 Å². The van der Waals surface area contributed by atoms with E-state index in [9.17, 15) is 0 Å². The quantitative estimate of drug-likeness (QED) is 0.535. The topological polar surface area (TPSA) is 61.4 Å². The monoisotopic (exact) mass is 437 g/mol. The fraction of sp³-hybridized carbons (Fsp3) is 0.480. The number of hydrogen-bond acceptors (Lipinski definition) is 5. The Bertz CT molecular complexity index is 892. The fourth-order valence-corrected chi connectivity index (χ4v) is 3.87. The molecule has 0 amide bonds. The van der Waals surface area contributed by atoms with Gasteiger partial charge in [0, 0.05) is 57.4 Å². The molecular weight excluding hydrogens is 402 g/mol. The van der Waals surface area contributed by atoms with Gasteiger partial charge in [0.05, 0.1) is 19.8 Å². The number of benzene rings is 2. The summed E-state index contributed by atoms with van der Waals surface area (Å²) in [6, 6.07) is 14.7. The van der Waals surface area contributed by atoms with Gasteiger partial charge in [-0.1, -0.05) is 24.3 Å². The van der Waals surface area contributed by atoms with Crippen LogP contribution in [-0.2, 0) is 13.1 Å². The Labute approximate surface area is 191 Å². The number of aliphatic imine (C=N–C) groups is 1. The average Bonchev–Trinajstić information content (AvgIpc) is 3.05. The van der Waals surface area contributed by atoms with Crippen LogP contribution in [0.2, 0.25) is 0 Å². The number of anilines is 1. The Morgan fingerprint density at radius 1 is 0.938 bits per heavy atom. The molecule has 0 aromatic heterocycles. The average molecular weight is 438 g/mol. The maximum Gasteiger partial charge on any atom is 0.196 e. The second-order valence-corrected chi connectivity index (χ2v) is 8.43. The minimum atomic E-state index is 0.620. The first-order valence-electron chi connectivity index (χ1n) is 11.6. The lowest BCUT2D eigenvalue weighted by Gasteiger charge is -2.32. The van der Waals surface area contributed by atoms with E-state index >= 15 is 0 Å². The van der Waals surface area contributed by atoms with Crippen molar-refractivity contribution in [2.24, 2.45) is 4.99 Å². The van der Waals surface area contributed by atoms with Crippen LogP contribution in [0.3, 0.4) is 0 Å². The van der Waals surface area contributed by atoms with Crippen molar-refractivity contribution in [3.05, 3.63) is 53.6 Å². The van der Waals surface area contributed by atoms with E-state index in [1.807, 2.05) is 18.2 Å². The number of fused-ring (bicyclic) bond motifs is 1. The number of nitrogens with one attached hydrogen (secondary N) is 2. The molecular formula is C25H35N5O2. The van der Waals surface area contributed by atoms with Crippen molar-refractivity contribution in [2.45, 2.75) is 26.4 Å². The first-order valence-corrected chi connectivity index (χ1v) is 11.6. The van der Waals surface area contributed by atoms with Crippen molar-refractivity contribution in [3.8, 4) is 11.5 Å². The molecule has 1 fully saturated rings. The minimum Gasteiger partial charge on any atom is -0.490 e. The number of ether oxygens (including phenoxy) is 2. The standard InChI is InChI=1S/C25H35N5O2/c1-3-26-25(28-22-9-10-23-24(17-22)32-16-4-15-31-23)27-18-20-5-7-21(8-6-20)19-30-13-11-29(2)12-14-30/h5-10,17H,3-4,11-16,18-19H2,1-2H3,(H2,26,27,28). The molecule has 7 heteroatoms.